The van der Waals surface area contributed by atoms with Crippen molar-refractivity contribution in [3.63, 3.8) is 0 Å². The van der Waals surface area contributed by atoms with Crippen LogP contribution in [0.3, 0.4) is 0 Å². The van der Waals surface area contributed by atoms with Crippen molar-refractivity contribution < 1.29 is 26.4 Å². The SMILES string of the molecule is CN1C(=O)c2ccc(Cl)cc2C(C)(CN(S(=O)(=O)c2ccccc2)S(=O)(=O)c2ccccc2)C1=O. The van der Waals surface area contributed by atoms with E-state index in [9.17, 15) is 26.4 Å². The molecular weight excluding hydrogens is 512 g/mol. The lowest BCUT2D eigenvalue weighted by molar-refractivity contribution is -0.133. The zero-order chi connectivity index (χ0) is 25.6. The molecule has 0 aliphatic carbocycles. The first-order valence-corrected chi connectivity index (χ1v) is 13.7. The number of imide groups is 1. The van der Waals surface area contributed by atoms with E-state index >= 15 is 0 Å². The van der Waals surface area contributed by atoms with E-state index in [4.69, 9.17) is 11.6 Å². The highest BCUT2D eigenvalue weighted by Crippen LogP contribution is 2.39. The lowest BCUT2D eigenvalue weighted by atomic mass is 9.76. The molecule has 0 spiro atoms. The number of sulfonamides is 2. The Morgan fingerprint density at radius 2 is 1.31 bits per heavy atom. The molecule has 0 saturated heterocycles. The van der Waals surface area contributed by atoms with E-state index in [0.717, 1.165) is 4.90 Å². The lowest BCUT2D eigenvalue weighted by Crippen LogP contribution is -2.57. The van der Waals surface area contributed by atoms with E-state index in [2.05, 4.69) is 0 Å². The number of amides is 2. The van der Waals surface area contributed by atoms with Crippen LogP contribution in [0.2, 0.25) is 5.02 Å². The standard InChI is InChI=1S/C24H21ClN2O6S2/c1-24(21-15-17(25)13-14-20(21)22(28)26(2)23(24)29)16-27(34(30,31)18-9-5-3-6-10-18)35(32,33)19-11-7-4-8-12-19/h3-15H,16H2,1-2H3. The number of rotatable bonds is 6. The molecule has 3 aromatic carbocycles. The van der Waals surface area contributed by atoms with E-state index in [-0.39, 0.29) is 25.9 Å². The molecule has 1 aliphatic rings. The second-order valence-electron chi connectivity index (χ2n) is 8.26. The molecule has 8 nitrogen and oxygen atoms in total. The molecule has 11 heteroatoms. The summed E-state index contributed by atoms with van der Waals surface area (Å²) < 4.78 is 55.2. The number of hydrogen-bond acceptors (Lipinski definition) is 6. The summed E-state index contributed by atoms with van der Waals surface area (Å²) in [5, 5.41) is 0.212. The lowest BCUT2D eigenvalue weighted by Gasteiger charge is -2.40. The third-order valence-electron chi connectivity index (χ3n) is 5.95. The largest absolute Gasteiger partial charge is 0.281 e. The van der Waals surface area contributed by atoms with Gasteiger partial charge in [-0.15, -0.1) is 0 Å². The maximum absolute atomic E-state index is 13.7. The van der Waals surface area contributed by atoms with Crippen LogP contribution in [0.25, 0.3) is 0 Å². The Labute approximate surface area is 208 Å². The van der Waals surface area contributed by atoms with E-state index < -0.39 is 43.8 Å². The van der Waals surface area contributed by atoms with Gasteiger partial charge >= 0.3 is 0 Å². The first-order chi connectivity index (χ1) is 16.4. The van der Waals surface area contributed by atoms with Gasteiger partial charge in [-0.2, -0.15) is 0 Å². The van der Waals surface area contributed by atoms with Crippen LogP contribution < -0.4 is 0 Å². The average Bonchev–Trinajstić information content (AvgIpc) is 2.86. The summed E-state index contributed by atoms with van der Waals surface area (Å²) in [4.78, 5) is 26.5. The van der Waals surface area contributed by atoms with E-state index in [0.29, 0.717) is 3.71 Å². The van der Waals surface area contributed by atoms with Crippen molar-refractivity contribution in [1.82, 2.24) is 8.61 Å². The molecule has 1 heterocycles. The van der Waals surface area contributed by atoms with Crippen molar-refractivity contribution in [1.29, 1.82) is 0 Å². The zero-order valence-electron chi connectivity index (χ0n) is 18.8. The smallest absolute Gasteiger partial charge is 0.260 e. The first kappa shape index (κ1) is 25.1. The monoisotopic (exact) mass is 532 g/mol. The van der Waals surface area contributed by atoms with Gasteiger partial charge in [0.1, 0.15) is 0 Å². The Kier molecular flexibility index (Phi) is 6.35. The van der Waals surface area contributed by atoms with Crippen molar-refractivity contribution >= 4 is 43.5 Å². The number of carbonyl (C=O) groups is 2. The van der Waals surface area contributed by atoms with Crippen molar-refractivity contribution in [2.75, 3.05) is 13.6 Å². The number of likely N-dealkylation sites (N-methyl/N-ethyl adjacent to an activating group) is 1. The second-order valence-corrected chi connectivity index (χ2v) is 12.7. The van der Waals surface area contributed by atoms with Crippen LogP contribution in [-0.2, 0) is 30.3 Å². The van der Waals surface area contributed by atoms with E-state index in [1.807, 2.05) is 0 Å². The summed E-state index contributed by atoms with van der Waals surface area (Å²) >= 11 is 6.16. The van der Waals surface area contributed by atoms with Gasteiger partial charge in [-0.3, -0.25) is 14.5 Å². The third-order valence-corrected chi connectivity index (χ3v) is 10.4. The van der Waals surface area contributed by atoms with Gasteiger partial charge in [-0.1, -0.05) is 51.7 Å². The molecule has 2 amide bonds. The fourth-order valence-electron chi connectivity index (χ4n) is 4.05. The van der Waals surface area contributed by atoms with E-state index in [1.165, 1.54) is 80.7 Å². The van der Waals surface area contributed by atoms with Crippen LogP contribution in [0.5, 0.6) is 0 Å². The van der Waals surface area contributed by atoms with Crippen molar-refractivity contribution in [3.8, 4) is 0 Å². The van der Waals surface area contributed by atoms with Crippen LogP contribution in [0.15, 0.2) is 88.7 Å². The number of halogens is 1. The Morgan fingerprint density at radius 3 is 1.80 bits per heavy atom. The molecule has 0 bridgehead atoms. The first-order valence-electron chi connectivity index (χ1n) is 10.4. The van der Waals surface area contributed by atoms with Crippen LogP contribution >= 0.6 is 11.6 Å². The minimum absolute atomic E-state index is 0.133. The molecule has 1 atom stereocenters. The minimum Gasteiger partial charge on any atom is -0.281 e. The van der Waals surface area contributed by atoms with Gasteiger partial charge in [-0.25, -0.2) is 16.8 Å². The summed E-state index contributed by atoms with van der Waals surface area (Å²) in [6, 6.07) is 18.5. The van der Waals surface area contributed by atoms with Gasteiger partial charge < -0.3 is 0 Å². The topological polar surface area (TPSA) is 109 Å². The quantitative estimate of drug-likeness (QED) is 0.451. The second kappa shape index (κ2) is 8.87. The van der Waals surface area contributed by atoms with Crippen molar-refractivity contribution in [2.24, 2.45) is 0 Å². The molecular formula is C24H21ClN2O6S2. The highest BCUT2D eigenvalue weighted by molar-refractivity contribution is 8.04. The van der Waals surface area contributed by atoms with Crippen LogP contribution in [0, 0.1) is 0 Å². The Balaban J connectivity index is 1.97. The normalized spacial score (nSPS) is 18.6. The van der Waals surface area contributed by atoms with Crippen molar-refractivity contribution in [2.45, 2.75) is 22.1 Å². The molecule has 4 rings (SSSR count). The summed E-state index contributed by atoms with van der Waals surface area (Å²) in [5.74, 6) is -1.35. The molecule has 0 N–H and O–H groups in total. The van der Waals surface area contributed by atoms with Crippen LogP contribution in [0.4, 0.5) is 0 Å². The van der Waals surface area contributed by atoms with Gasteiger partial charge in [0.15, 0.2) is 0 Å². The predicted octanol–water partition coefficient (Wildman–Crippen LogP) is 3.29. The number of carbonyl (C=O) groups excluding carboxylic acids is 2. The molecule has 0 aromatic heterocycles. The highest BCUT2D eigenvalue weighted by atomic mass is 35.5. The highest BCUT2D eigenvalue weighted by Gasteiger charge is 2.51. The predicted molar refractivity (Wildman–Crippen MR) is 130 cm³/mol. The molecule has 3 aromatic rings. The molecule has 0 radical (unpaired) electrons. The Bertz CT molecular complexity index is 1460. The maximum Gasteiger partial charge on any atom is 0.260 e. The molecule has 1 aliphatic heterocycles. The summed E-state index contributed by atoms with van der Waals surface area (Å²) in [7, 11) is -8.04. The average molecular weight is 533 g/mol. The molecule has 35 heavy (non-hydrogen) atoms. The van der Waals surface area contributed by atoms with Gasteiger partial charge in [0.25, 0.3) is 26.0 Å². The van der Waals surface area contributed by atoms with Crippen LogP contribution in [-0.4, -0.2) is 50.9 Å². The fraction of sp³-hybridized carbons (Fsp3) is 0.167. The number of fused-ring (bicyclic) bond motifs is 1. The summed E-state index contributed by atoms with van der Waals surface area (Å²) in [6.45, 7) is 0.618. The van der Waals surface area contributed by atoms with Gasteiger partial charge in [-0.05, 0) is 55.0 Å². The maximum atomic E-state index is 13.7. The number of hydrogen-bond donors (Lipinski definition) is 0. The third kappa shape index (κ3) is 4.16. The molecule has 1 unspecified atom stereocenters. The van der Waals surface area contributed by atoms with E-state index in [1.54, 1.807) is 12.1 Å². The van der Waals surface area contributed by atoms with Gasteiger partial charge in [0, 0.05) is 24.2 Å². The summed E-state index contributed by atoms with van der Waals surface area (Å²) in [5.41, 5.74) is -1.46. The molecule has 0 saturated carbocycles. The number of benzene rings is 3. The van der Waals surface area contributed by atoms with Gasteiger partial charge in [0.05, 0.1) is 15.2 Å². The Hall–Kier alpha value is -3.05. The van der Waals surface area contributed by atoms with Gasteiger partial charge in [0.2, 0.25) is 5.91 Å². The molecule has 0 fully saturated rings. The number of nitrogens with zero attached hydrogens (tertiary/aromatic N) is 2. The fourth-order valence-corrected chi connectivity index (χ4v) is 8.10. The minimum atomic E-state index is -4.65. The zero-order valence-corrected chi connectivity index (χ0v) is 21.1. The summed E-state index contributed by atoms with van der Waals surface area (Å²) in [6.07, 6.45) is 0. The molecule has 182 valence electrons. The Morgan fingerprint density at radius 1 is 0.829 bits per heavy atom. The van der Waals surface area contributed by atoms with Crippen LogP contribution in [0.1, 0.15) is 22.8 Å². The van der Waals surface area contributed by atoms with Crippen molar-refractivity contribution in [3.05, 3.63) is 95.0 Å².